The minimum atomic E-state index is -0.906. The monoisotopic (exact) mass is 351 g/mol. The largest absolute Gasteiger partial charge is 0.477 e. The van der Waals surface area contributed by atoms with Gasteiger partial charge in [0.25, 0.3) is 0 Å². The first-order valence-electron chi connectivity index (χ1n) is 8.12. The highest BCUT2D eigenvalue weighted by Gasteiger charge is 2.22. The third kappa shape index (κ3) is 2.78. The maximum atomic E-state index is 11.4. The summed E-state index contributed by atoms with van der Waals surface area (Å²) in [4.78, 5) is 23.4. The Balaban J connectivity index is 1.70. The van der Waals surface area contributed by atoms with E-state index in [1.54, 1.807) is 0 Å². The molecule has 0 bridgehead atoms. The van der Waals surface area contributed by atoms with Crippen LogP contribution in [0, 0.1) is 6.92 Å². The summed E-state index contributed by atoms with van der Waals surface area (Å²) in [7, 11) is 0. The number of anilines is 1. The third-order valence-electron chi connectivity index (χ3n) is 4.55. The fraction of sp³-hybridized carbons (Fsp3) is 0.211. The van der Waals surface area contributed by atoms with Gasteiger partial charge in [0.1, 0.15) is 21.9 Å². The molecule has 0 unspecified atom stereocenters. The lowest BCUT2D eigenvalue weighted by molar-refractivity contribution is 0.0701. The Morgan fingerprint density at radius 3 is 2.72 bits per heavy atom. The van der Waals surface area contributed by atoms with Crippen molar-refractivity contribution in [3.63, 3.8) is 0 Å². The number of aryl methyl sites for hydroxylation is 1. The smallest absolute Gasteiger partial charge is 0.346 e. The van der Waals surface area contributed by atoms with E-state index >= 15 is 0 Å². The summed E-state index contributed by atoms with van der Waals surface area (Å²) in [5.41, 5.74) is 3.35. The van der Waals surface area contributed by atoms with E-state index in [-0.39, 0.29) is 0 Å². The Kier molecular flexibility index (Phi) is 3.97. The number of rotatable bonds is 3. The number of benzene rings is 1. The lowest BCUT2D eigenvalue weighted by Crippen LogP contribution is -2.29. The molecule has 5 nitrogen and oxygen atoms in total. The number of hydrogen-bond acceptors (Lipinski definition) is 5. The molecule has 3 heterocycles. The zero-order valence-corrected chi connectivity index (χ0v) is 14.6. The molecule has 0 aliphatic carbocycles. The number of carboxylic acid groups (broad SMARTS) is 1. The minimum Gasteiger partial charge on any atom is -0.477 e. The molecule has 0 fully saturated rings. The first-order chi connectivity index (χ1) is 12.1. The zero-order valence-electron chi connectivity index (χ0n) is 13.8. The van der Waals surface area contributed by atoms with Crippen LogP contribution < -0.4 is 4.90 Å². The summed E-state index contributed by atoms with van der Waals surface area (Å²) in [6.45, 7) is 3.45. The second kappa shape index (κ2) is 6.29. The number of carboxylic acids is 1. The minimum absolute atomic E-state index is 0.342. The first kappa shape index (κ1) is 15.8. The summed E-state index contributed by atoms with van der Waals surface area (Å²) in [5.74, 6) is -0.0778. The highest BCUT2D eigenvalue weighted by Crippen LogP contribution is 2.36. The van der Waals surface area contributed by atoms with Gasteiger partial charge in [-0.05, 0) is 30.0 Å². The summed E-state index contributed by atoms with van der Waals surface area (Å²) < 4.78 is 0. The Hall–Kier alpha value is -2.73. The van der Waals surface area contributed by atoms with Crippen LogP contribution in [0.4, 0.5) is 5.82 Å². The summed E-state index contributed by atoms with van der Waals surface area (Å²) in [5, 5.41) is 10.2. The van der Waals surface area contributed by atoms with E-state index in [2.05, 4.69) is 45.2 Å². The molecule has 0 radical (unpaired) electrons. The van der Waals surface area contributed by atoms with Gasteiger partial charge in [-0.1, -0.05) is 36.4 Å². The molecule has 126 valence electrons. The Morgan fingerprint density at radius 1 is 1.24 bits per heavy atom. The van der Waals surface area contributed by atoms with Crippen LogP contribution in [0.25, 0.3) is 15.8 Å². The highest BCUT2D eigenvalue weighted by molar-refractivity contribution is 7.20. The van der Waals surface area contributed by atoms with Crippen molar-refractivity contribution in [1.29, 1.82) is 0 Å². The molecule has 0 spiro atoms. The molecular weight excluding hydrogens is 334 g/mol. The van der Waals surface area contributed by atoms with E-state index in [1.807, 2.05) is 13.0 Å². The van der Waals surface area contributed by atoms with Gasteiger partial charge in [0.2, 0.25) is 0 Å². The van der Waals surface area contributed by atoms with E-state index in [1.165, 1.54) is 28.8 Å². The molecule has 0 saturated carbocycles. The number of nitrogens with zero attached hydrogens (tertiary/aromatic N) is 3. The Labute approximate surface area is 149 Å². The number of aromatic carboxylic acids is 1. The molecular formula is C19H17N3O2S. The molecule has 0 atom stereocenters. The van der Waals surface area contributed by atoms with Crippen LogP contribution in [0.1, 0.15) is 27.2 Å². The number of thiophene rings is 1. The van der Waals surface area contributed by atoms with Gasteiger partial charge < -0.3 is 10.0 Å². The molecule has 3 aromatic rings. The maximum Gasteiger partial charge on any atom is 0.346 e. The van der Waals surface area contributed by atoms with Crippen molar-refractivity contribution in [1.82, 2.24) is 9.97 Å². The first-order valence-corrected chi connectivity index (χ1v) is 8.93. The summed E-state index contributed by atoms with van der Waals surface area (Å²) in [6, 6.07) is 10.4. The van der Waals surface area contributed by atoms with E-state index in [4.69, 9.17) is 0 Å². The maximum absolute atomic E-state index is 11.4. The quantitative estimate of drug-likeness (QED) is 0.773. The molecule has 2 aromatic heterocycles. The van der Waals surface area contributed by atoms with E-state index < -0.39 is 5.97 Å². The van der Waals surface area contributed by atoms with E-state index in [0.717, 1.165) is 41.1 Å². The van der Waals surface area contributed by atoms with Crippen molar-refractivity contribution in [2.45, 2.75) is 13.3 Å². The van der Waals surface area contributed by atoms with Gasteiger partial charge in [-0.2, -0.15) is 0 Å². The van der Waals surface area contributed by atoms with Crippen LogP contribution in [0.15, 0.2) is 42.7 Å². The fourth-order valence-electron chi connectivity index (χ4n) is 3.27. The summed E-state index contributed by atoms with van der Waals surface area (Å²) >= 11 is 1.21. The predicted octanol–water partition coefficient (Wildman–Crippen LogP) is 3.99. The number of hydrogen-bond donors (Lipinski definition) is 1. The number of aromatic nitrogens is 2. The molecule has 4 rings (SSSR count). The molecule has 1 aliphatic rings. The standard InChI is InChI=1S/C19H17N3O2S/c1-12-15-17(20-11-21-18(15)25-16(12)19(23)24)22-9-7-14(8-10-22)13-5-3-2-4-6-13/h2-7,11H,8-10H2,1H3,(H,23,24). The van der Waals surface area contributed by atoms with Gasteiger partial charge >= 0.3 is 5.97 Å². The fourth-order valence-corrected chi connectivity index (χ4v) is 4.25. The van der Waals surface area contributed by atoms with Gasteiger partial charge in [-0.15, -0.1) is 11.3 Å². The highest BCUT2D eigenvalue weighted by atomic mass is 32.1. The number of carbonyl (C=O) groups is 1. The predicted molar refractivity (Wildman–Crippen MR) is 100 cm³/mol. The normalized spacial score (nSPS) is 14.6. The third-order valence-corrected chi connectivity index (χ3v) is 5.74. The van der Waals surface area contributed by atoms with Crippen LogP contribution in [0.2, 0.25) is 0 Å². The van der Waals surface area contributed by atoms with Crippen molar-refractivity contribution >= 4 is 38.9 Å². The van der Waals surface area contributed by atoms with Crippen molar-refractivity contribution in [3.8, 4) is 0 Å². The van der Waals surface area contributed by atoms with Gasteiger partial charge in [-0.25, -0.2) is 14.8 Å². The molecule has 6 heteroatoms. The molecule has 1 aliphatic heterocycles. The topological polar surface area (TPSA) is 66.3 Å². The molecule has 1 aromatic carbocycles. The van der Waals surface area contributed by atoms with Gasteiger partial charge in [0, 0.05) is 13.1 Å². The van der Waals surface area contributed by atoms with Gasteiger partial charge in [-0.3, -0.25) is 0 Å². The van der Waals surface area contributed by atoms with Crippen LogP contribution >= 0.6 is 11.3 Å². The molecule has 1 N–H and O–H groups in total. The Bertz CT molecular complexity index is 979. The SMILES string of the molecule is Cc1c(C(=O)O)sc2ncnc(N3CC=C(c4ccccc4)CC3)c12. The van der Waals surface area contributed by atoms with Gasteiger partial charge in [0.05, 0.1) is 5.39 Å². The second-order valence-electron chi connectivity index (χ2n) is 6.03. The van der Waals surface area contributed by atoms with Crippen LogP contribution in [0.3, 0.4) is 0 Å². The average molecular weight is 351 g/mol. The van der Waals surface area contributed by atoms with Gasteiger partial charge in [0.15, 0.2) is 0 Å². The average Bonchev–Trinajstić information content (AvgIpc) is 3.00. The number of fused-ring (bicyclic) bond motifs is 1. The van der Waals surface area contributed by atoms with Crippen molar-refractivity contribution in [3.05, 3.63) is 58.7 Å². The molecule has 0 amide bonds. The van der Waals surface area contributed by atoms with Crippen LogP contribution in [-0.2, 0) is 0 Å². The summed E-state index contributed by atoms with van der Waals surface area (Å²) in [6.07, 6.45) is 4.69. The van der Waals surface area contributed by atoms with E-state index in [0.29, 0.717) is 4.88 Å². The molecule has 25 heavy (non-hydrogen) atoms. The zero-order chi connectivity index (χ0) is 17.4. The van der Waals surface area contributed by atoms with Crippen molar-refractivity contribution < 1.29 is 9.90 Å². The van der Waals surface area contributed by atoms with Crippen molar-refractivity contribution in [2.75, 3.05) is 18.0 Å². The van der Waals surface area contributed by atoms with Crippen molar-refractivity contribution in [2.24, 2.45) is 0 Å². The van der Waals surface area contributed by atoms with Crippen LogP contribution in [-0.4, -0.2) is 34.1 Å². The second-order valence-corrected chi connectivity index (χ2v) is 7.03. The molecule has 0 saturated heterocycles. The Morgan fingerprint density at radius 2 is 2.04 bits per heavy atom. The lowest BCUT2D eigenvalue weighted by atomic mass is 9.99. The lowest BCUT2D eigenvalue weighted by Gasteiger charge is -2.28. The van der Waals surface area contributed by atoms with Crippen LogP contribution in [0.5, 0.6) is 0 Å². The van der Waals surface area contributed by atoms with E-state index in [9.17, 15) is 9.90 Å².